The number of carbonyl (C=O) groups excluding carboxylic acids is 1. The number of amides is 1. The van der Waals surface area contributed by atoms with Crippen molar-refractivity contribution < 1.29 is 23.4 Å². The number of rotatable bonds is 5. The van der Waals surface area contributed by atoms with E-state index in [9.17, 15) is 14.0 Å². The van der Waals surface area contributed by atoms with Crippen LogP contribution in [0.1, 0.15) is 10.4 Å². The van der Waals surface area contributed by atoms with Crippen LogP contribution in [-0.4, -0.2) is 32.2 Å². The van der Waals surface area contributed by atoms with E-state index in [0.29, 0.717) is 22.9 Å². The molecule has 1 heterocycles. The van der Waals surface area contributed by atoms with Gasteiger partial charge in [-0.2, -0.15) is 0 Å². The molecule has 0 aliphatic carbocycles. The first kappa shape index (κ1) is 18.2. The maximum absolute atomic E-state index is 13.8. The Morgan fingerprint density at radius 1 is 1.07 bits per heavy atom. The molecular weight excluding hydrogens is 355 g/mol. The predicted octanol–water partition coefficient (Wildman–Crippen LogP) is 2.95. The molecule has 2 aromatic carbocycles. The topological polar surface area (TPSA) is 89.7 Å². The van der Waals surface area contributed by atoms with Crippen LogP contribution in [0.5, 0.6) is 17.2 Å². The van der Waals surface area contributed by atoms with Crippen molar-refractivity contribution in [1.29, 1.82) is 0 Å². The van der Waals surface area contributed by atoms with Gasteiger partial charge in [-0.25, -0.2) is 4.39 Å². The summed E-state index contributed by atoms with van der Waals surface area (Å²) in [6, 6.07) is 7.16. The molecule has 8 heteroatoms. The van der Waals surface area contributed by atoms with Gasteiger partial charge in [0.05, 0.1) is 26.8 Å². The molecule has 3 aromatic rings. The highest BCUT2D eigenvalue weighted by Crippen LogP contribution is 2.39. The molecule has 0 unspecified atom stereocenters. The van der Waals surface area contributed by atoms with Gasteiger partial charge in [0, 0.05) is 29.4 Å². The van der Waals surface area contributed by atoms with Crippen molar-refractivity contribution >= 4 is 22.5 Å². The van der Waals surface area contributed by atoms with Crippen LogP contribution < -0.4 is 25.0 Å². The fourth-order valence-corrected chi connectivity index (χ4v) is 2.74. The lowest BCUT2D eigenvalue weighted by Gasteiger charge is -2.14. The average Bonchev–Trinajstić information content (AvgIpc) is 2.67. The fourth-order valence-electron chi connectivity index (χ4n) is 2.74. The highest BCUT2D eigenvalue weighted by Gasteiger charge is 2.18. The number of fused-ring (bicyclic) bond motifs is 1. The molecule has 27 heavy (non-hydrogen) atoms. The summed E-state index contributed by atoms with van der Waals surface area (Å²) in [6.07, 6.45) is 1.18. The summed E-state index contributed by atoms with van der Waals surface area (Å²) in [5.74, 6) is -0.154. The SMILES string of the molecule is COc1cc(NC(=O)c2c[nH]c3c(F)cccc3c2=O)cc(OC)c1OC. The van der Waals surface area contributed by atoms with Crippen LogP contribution in [0.15, 0.2) is 41.3 Å². The molecule has 0 fully saturated rings. The highest BCUT2D eigenvalue weighted by molar-refractivity contribution is 6.06. The van der Waals surface area contributed by atoms with Crippen LogP contribution in [-0.2, 0) is 0 Å². The number of hydrogen-bond donors (Lipinski definition) is 2. The minimum Gasteiger partial charge on any atom is -0.493 e. The van der Waals surface area contributed by atoms with E-state index in [0.717, 1.165) is 0 Å². The van der Waals surface area contributed by atoms with Gasteiger partial charge >= 0.3 is 0 Å². The normalized spacial score (nSPS) is 10.5. The second-order valence-corrected chi connectivity index (χ2v) is 5.56. The van der Waals surface area contributed by atoms with Crippen molar-refractivity contribution in [2.45, 2.75) is 0 Å². The summed E-state index contributed by atoms with van der Waals surface area (Å²) >= 11 is 0. The fraction of sp³-hybridized carbons (Fsp3) is 0.158. The first-order chi connectivity index (χ1) is 13.0. The van der Waals surface area contributed by atoms with Crippen LogP contribution in [0, 0.1) is 5.82 Å². The van der Waals surface area contributed by atoms with Crippen molar-refractivity contribution in [1.82, 2.24) is 4.98 Å². The van der Waals surface area contributed by atoms with E-state index in [1.807, 2.05) is 0 Å². The molecule has 7 nitrogen and oxygen atoms in total. The van der Waals surface area contributed by atoms with Crippen LogP contribution in [0.4, 0.5) is 10.1 Å². The van der Waals surface area contributed by atoms with E-state index < -0.39 is 17.2 Å². The monoisotopic (exact) mass is 372 g/mol. The predicted molar refractivity (Wildman–Crippen MR) is 98.6 cm³/mol. The summed E-state index contributed by atoms with van der Waals surface area (Å²) in [5, 5.41) is 2.70. The standard InChI is InChI=1S/C19H17FN2O5/c1-25-14-7-10(8-15(26-2)18(14)27-3)22-19(24)12-9-21-16-11(17(12)23)5-4-6-13(16)20/h4-9H,1-3H3,(H,21,23)(H,22,24). The minimum atomic E-state index is -0.656. The van der Waals surface area contributed by atoms with Gasteiger partial charge < -0.3 is 24.5 Å². The number of para-hydroxylation sites is 1. The number of methoxy groups -OCH3 is 3. The number of H-pyrrole nitrogens is 1. The molecule has 1 aromatic heterocycles. The van der Waals surface area contributed by atoms with E-state index in [1.165, 1.54) is 57.9 Å². The summed E-state index contributed by atoms with van der Waals surface area (Å²) < 4.78 is 29.5. The van der Waals surface area contributed by atoms with E-state index in [4.69, 9.17) is 14.2 Å². The number of carbonyl (C=O) groups is 1. The molecule has 0 saturated carbocycles. The molecule has 140 valence electrons. The Morgan fingerprint density at radius 3 is 2.33 bits per heavy atom. The molecule has 2 N–H and O–H groups in total. The zero-order valence-electron chi connectivity index (χ0n) is 14.9. The lowest BCUT2D eigenvalue weighted by molar-refractivity contribution is 0.102. The summed E-state index contributed by atoms with van der Waals surface area (Å²) in [5.41, 5.74) is -0.338. The molecule has 0 bridgehead atoms. The van der Waals surface area contributed by atoms with E-state index in [2.05, 4.69) is 10.3 Å². The van der Waals surface area contributed by atoms with Gasteiger partial charge in [0.1, 0.15) is 11.4 Å². The van der Waals surface area contributed by atoms with Gasteiger partial charge in [-0.1, -0.05) is 6.07 Å². The Hall–Kier alpha value is -3.55. The lowest BCUT2D eigenvalue weighted by Crippen LogP contribution is -2.22. The van der Waals surface area contributed by atoms with Crippen LogP contribution in [0.2, 0.25) is 0 Å². The molecule has 0 saturated heterocycles. The maximum Gasteiger partial charge on any atom is 0.261 e. The van der Waals surface area contributed by atoms with Crippen molar-refractivity contribution in [2.75, 3.05) is 26.6 Å². The van der Waals surface area contributed by atoms with Crippen molar-refractivity contribution in [3.05, 3.63) is 58.1 Å². The van der Waals surface area contributed by atoms with Gasteiger partial charge in [0.2, 0.25) is 11.2 Å². The van der Waals surface area contributed by atoms with Gasteiger partial charge in [-0.15, -0.1) is 0 Å². The highest BCUT2D eigenvalue weighted by atomic mass is 19.1. The molecule has 0 spiro atoms. The van der Waals surface area contributed by atoms with E-state index in [-0.39, 0.29) is 16.5 Å². The quantitative estimate of drug-likeness (QED) is 0.719. The van der Waals surface area contributed by atoms with Gasteiger partial charge in [0.15, 0.2) is 11.5 Å². The Morgan fingerprint density at radius 2 is 1.74 bits per heavy atom. The molecule has 0 aliphatic heterocycles. The summed E-state index contributed by atoms with van der Waals surface area (Å²) in [6.45, 7) is 0. The maximum atomic E-state index is 13.8. The average molecular weight is 372 g/mol. The van der Waals surface area contributed by atoms with E-state index in [1.54, 1.807) is 0 Å². The van der Waals surface area contributed by atoms with Gasteiger partial charge in [0.25, 0.3) is 5.91 Å². The number of halogens is 1. The van der Waals surface area contributed by atoms with Crippen LogP contribution in [0.3, 0.4) is 0 Å². The first-order valence-corrected chi connectivity index (χ1v) is 7.91. The Bertz CT molecular complexity index is 1050. The lowest BCUT2D eigenvalue weighted by atomic mass is 10.1. The molecule has 0 aliphatic rings. The van der Waals surface area contributed by atoms with Crippen molar-refractivity contribution in [2.24, 2.45) is 0 Å². The number of aromatic nitrogens is 1. The zero-order chi connectivity index (χ0) is 19.6. The van der Waals surface area contributed by atoms with Crippen LogP contribution >= 0.6 is 0 Å². The largest absolute Gasteiger partial charge is 0.493 e. The number of aromatic amines is 1. The van der Waals surface area contributed by atoms with Gasteiger partial charge in [-0.05, 0) is 12.1 Å². The second kappa shape index (κ2) is 7.36. The third-order valence-electron chi connectivity index (χ3n) is 4.03. The van der Waals surface area contributed by atoms with Crippen molar-refractivity contribution in [3.8, 4) is 17.2 Å². The van der Waals surface area contributed by atoms with Crippen molar-refractivity contribution in [3.63, 3.8) is 0 Å². The number of anilines is 1. The molecule has 0 atom stereocenters. The summed E-state index contributed by atoms with van der Waals surface area (Å²) in [7, 11) is 4.36. The van der Waals surface area contributed by atoms with E-state index >= 15 is 0 Å². The first-order valence-electron chi connectivity index (χ1n) is 7.91. The third kappa shape index (κ3) is 3.29. The Kier molecular flexibility index (Phi) is 4.98. The Balaban J connectivity index is 2.00. The second-order valence-electron chi connectivity index (χ2n) is 5.56. The molecule has 3 rings (SSSR count). The number of benzene rings is 2. The molecule has 1 amide bonds. The summed E-state index contributed by atoms with van der Waals surface area (Å²) in [4.78, 5) is 27.8. The minimum absolute atomic E-state index is 0.0480. The third-order valence-corrected chi connectivity index (χ3v) is 4.03. The smallest absolute Gasteiger partial charge is 0.261 e. The molecular formula is C19H17FN2O5. The molecule has 0 radical (unpaired) electrons. The number of ether oxygens (including phenoxy) is 3. The zero-order valence-corrected chi connectivity index (χ0v) is 14.9. The van der Waals surface area contributed by atoms with Crippen LogP contribution in [0.25, 0.3) is 10.9 Å². The number of hydrogen-bond acceptors (Lipinski definition) is 5. The number of pyridine rings is 1. The number of nitrogens with one attached hydrogen (secondary N) is 2. The van der Waals surface area contributed by atoms with Gasteiger partial charge in [-0.3, -0.25) is 9.59 Å². The Labute approximate surface area is 153 Å².